The lowest BCUT2D eigenvalue weighted by Gasteiger charge is -2.43. The Morgan fingerprint density at radius 3 is 1.83 bits per heavy atom. The topological polar surface area (TPSA) is 202 Å². The number of H-pyrrole nitrogens is 2. The highest BCUT2D eigenvalue weighted by molar-refractivity contribution is 7.98. The third-order valence-corrected chi connectivity index (χ3v) is 19.0. The maximum atomic E-state index is 15.1. The molecule has 414 valence electrons. The van der Waals surface area contributed by atoms with E-state index < -0.39 is 5.41 Å². The van der Waals surface area contributed by atoms with Crippen LogP contribution in [0.1, 0.15) is 132 Å². The van der Waals surface area contributed by atoms with Crippen LogP contribution in [0.15, 0.2) is 74.0 Å². The molecule has 4 fully saturated rings. The summed E-state index contributed by atoms with van der Waals surface area (Å²) in [4.78, 5) is 92.4. The number of aryl methyl sites for hydroxylation is 2. The number of benzene rings is 2. The van der Waals surface area contributed by atoms with E-state index in [1.165, 1.54) is 23.5 Å². The summed E-state index contributed by atoms with van der Waals surface area (Å²) in [5.41, 5.74) is 7.08. The number of amides is 4. The number of aromatic nitrogens is 4. The van der Waals surface area contributed by atoms with Crippen molar-refractivity contribution in [2.75, 3.05) is 52.0 Å². The highest BCUT2D eigenvalue weighted by Crippen LogP contribution is 2.42. The predicted octanol–water partition coefficient (Wildman–Crippen LogP) is 8.51. The Morgan fingerprint density at radius 1 is 0.705 bits per heavy atom. The zero-order valence-corrected chi connectivity index (χ0v) is 47.8. The number of pyridine rings is 2. The van der Waals surface area contributed by atoms with E-state index in [-0.39, 0.29) is 83.7 Å². The molecular weight excluding hydrogens is 1020 g/mol. The molecule has 1 aliphatic carbocycles. The Morgan fingerprint density at radius 2 is 1.27 bits per heavy atom. The van der Waals surface area contributed by atoms with Gasteiger partial charge in [-0.15, -0.1) is 23.5 Å². The van der Waals surface area contributed by atoms with Crippen LogP contribution in [0.5, 0.6) is 0 Å². The molecule has 4 amide bonds. The van der Waals surface area contributed by atoms with Crippen LogP contribution in [0, 0.1) is 43.9 Å². The molecule has 0 radical (unpaired) electrons. The van der Waals surface area contributed by atoms with E-state index in [0.29, 0.717) is 68.2 Å². The Kier molecular flexibility index (Phi) is 16.3. The first-order valence-electron chi connectivity index (χ1n) is 27.6. The molecule has 4 aromatic heterocycles. The number of rotatable bonds is 17. The number of carbonyl (C=O) groups is 4. The third kappa shape index (κ3) is 10.7. The van der Waals surface area contributed by atoms with Gasteiger partial charge in [-0.1, -0.05) is 30.3 Å². The predicted molar refractivity (Wildman–Crippen MR) is 307 cm³/mol. The van der Waals surface area contributed by atoms with Gasteiger partial charge in [-0.05, 0) is 134 Å². The lowest BCUT2D eigenvalue weighted by molar-refractivity contribution is -0.170. The van der Waals surface area contributed by atoms with Gasteiger partial charge in [-0.3, -0.25) is 28.8 Å². The fourth-order valence-electron chi connectivity index (χ4n) is 12.8. The van der Waals surface area contributed by atoms with Crippen molar-refractivity contribution in [1.82, 2.24) is 40.0 Å². The van der Waals surface area contributed by atoms with Crippen molar-refractivity contribution in [3.05, 3.63) is 126 Å². The van der Waals surface area contributed by atoms with Crippen LogP contribution in [0.25, 0.3) is 21.8 Å². The Hall–Kier alpha value is -6.08. The molecule has 7 heterocycles. The van der Waals surface area contributed by atoms with Gasteiger partial charge in [0.25, 0.3) is 22.9 Å². The largest absolute Gasteiger partial charge is 0.380 e. The monoisotopic (exact) mass is 1100 g/mol. The van der Waals surface area contributed by atoms with Crippen molar-refractivity contribution >= 4 is 69.0 Å². The molecule has 0 bridgehead atoms. The first-order valence-corrected chi connectivity index (χ1v) is 30.0. The van der Waals surface area contributed by atoms with Crippen LogP contribution in [0.2, 0.25) is 0 Å². The van der Waals surface area contributed by atoms with E-state index in [4.69, 9.17) is 9.47 Å². The van der Waals surface area contributed by atoms with Gasteiger partial charge in [0.05, 0.1) is 48.9 Å². The lowest BCUT2D eigenvalue weighted by Crippen LogP contribution is -2.55. The van der Waals surface area contributed by atoms with E-state index in [1.807, 2.05) is 81.5 Å². The smallest absolute Gasteiger partial charge is 0.254 e. The van der Waals surface area contributed by atoms with Gasteiger partial charge in [-0.2, -0.15) is 0 Å². The number of hydrogen-bond acceptors (Lipinski definition) is 10. The molecule has 4 aliphatic rings. The maximum Gasteiger partial charge on any atom is 0.254 e. The molecule has 5 N–H and O–H groups in total. The maximum absolute atomic E-state index is 15.1. The van der Waals surface area contributed by atoms with E-state index in [2.05, 4.69) is 67.1 Å². The average Bonchev–Trinajstić information content (AvgIpc) is 3.88. The average molecular weight is 1100 g/mol. The zero-order valence-electron chi connectivity index (χ0n) is 46.2. The lowest BCUT2D eigenvalue weighted by atomic mass is 9.81. The fraction of sp³-hybridized carbons (Fsp3) is 0.500. The Bertz CT molecular complexity index is 3410. The first-order chi connectivity index (χ1) is 37.5. The van der Waals surface area contributed by atoms with E-state index in [9.17, 15) is 24.0 Å². The molecule has 78 heavy (non-hydrogen) atoms. The Labute approximate surface area is 463 Å². The van der Waals surface area contributed by atoms with Gasteiger partial charge in [0, 0.05) is 116 Å². The second-order valence-corrected chi connectivity index (χ2v) is 24.3. The van der Waals surface area contributed by atoms with E-state index >= 15 is 4.79 Å². The second-order valence-electron chi connectivity index (χ2n) is 22.6. The van der Waals surface area contributed by atoms with Gasteiger partial charge >= 0.3 is 0 Å². The summed E-state index contributed by atoms with van der Waals surface area (Å²) in [7, 11) is 0. The molecule has 2 atom stereocenters. The Balaban J connectivity index is 1.03. The number of nitrogens with one attached hydrogen (secondary N) is 5. The van der Waals surface area contributed by atoms with Gasteiger partial charge in [0.2, 0.25) is 11.8 Å². The van der Waals surface area contributed by atoms with Crippen LogP contribution >= 0.6 is 23.5 Å². The molecule has 18 heteroatoms. The minimum atomic E-state index is -0.476. The molecule has 10 rings (SSSR count). The van der Waals surface area contributed by atoms with Crippen molar-refractivity contribution in [3.63, 3.8) is 0 Å². The highest BCUT2D eigenvalue weighted by Gasteiger charge is 2.45. The van der Waals surface area contributed by atoms with Gasteiger partial charge in [0.1, 0.15) is 0 Å². The first kappa shape index (κ1) is 55.2. The molecule has 0 unspecified atom stereocenters. The van der Waals surface area contributed by atoms with Crippen LogP contribution in [-0.2, 0) is 38.6 Å². The van der Waals surface area contributed by atoms with Crippen LogP contribution < -0.4 is 27.1 Å². The SMILES string of the molecule is CSc1cc(C)[nH]c(=O)c1CNC(=O)c1c(Cc2ccc3c(C(=O)NCc4c(SC)cc(C)[nH]c4=O)c(C)n([C@H](C)[C@H]4CC[C@H](NC(=O)C5COC5)CC4)c3c2)n([C@H](C)C2CCN(C(=O)C3(C)COC3)CC2)c2ccccc12. The number of fused-ring (bicyclic) bond motifs is 2. The van der Waals surface area contributed by atoms with Crippen molar-refractivity contribution in [1.29, 1.82) is 0 Å². The second kappa shape index (κ2) is 22.9. The summed E-state index contributed by atoms with van der Waals surface area (Å²) in [5, 5.41) is 11.2. The summed E-state index contributed by atoms with van der Waals surface area (Å²) in [6.07, 6.45) is 9.31. The number of hydrogen-bond donors (Lipinski definition) is 5. The summed E-state index contributed by atoms with van der Waals surface area (Å²) in [6.45, 7) is 15.4. The summed E-state index contributed by atoms with van der Waals surface area (Å²) in [5.74, 6) is 0.0311. The number of ether oxygens (including phenoxy) is 2. The molecule has 2 aromatic carbocycles. The third-order valence-electron chi connectivity index (χ3n) is 17.4. The minimum Gasteiger partial charge on any atom is -0.380 e. The number of carbonyl (C=O) groups excluding carboxylic acids is 4. The van der Waals surface area contributed by atoms with Crippen LogP contribution in [0.4, 0.5) is 0 Å². The molecular formula is C60H74N8O8S2. The fourth-order valence-corrected chi connectivity index (χ4v) is 14.2. The molecule has 3 saturated heterocycles. The van der Waals surface area contributed by atoms with E-state index in [1.54, 1.807) is 0 Å². The summed E-state index contributed by atoms with van der Waals surface area (Å²) < 4.78 is 15.4. The molecule has 6 aromatic rings. The molecule has 0 spiro atoms. The van der Waals surface area contributed by atoms with Crippen molar-refractivity contribution < 1.29 is 28.7 Å². The number of likely N-dealkylation sites (tertiary alicyclic amines) is 1. The van der Waals surface area contributed by atoms with Crippen LogP contribution in [-0.4, -0.2) is 106 Å². The number of para-hydroxylation sites is 1. The standard InChI is InChI=1S/C60H74N8O8S2/c1-33-23-50(77-7)45(55(70)63-33)27-61-57(72)52-37(5)67(35(3)39-14-16-42(17-15-39)65-54(69)41-29-75-30-41)48-25-38(13-18-44(48)52)26-49-53(58(73)62-28-46-51(78-8)24-34(2)64-56(46)71)43-11-9-10-12-47(43)68(49)36(4)40-19-21-66(22-20-40)59(74)60(6)31-76-32-60/h9-13,18,23-25,35-36,39-42H,14-17,19-22,26-32H2,1-8H3,(H,61,72)(H,62,73)(H,63,70)(H,64,71)(H,65,69)/t35-,36-,39-,42-/m1/s1. The molecule has 16 nitrogen and oxygen atoms in total. The number of nitrogens with zero attached hydrogens (tertiary/aromatic N) is 3. The quantitative estimate of drug-likeness (QED) is 0.0552. The van der Waals surface area contributed by atoms with Gasteiger partial charge < -0.3 is 49.4 Å². The number of aromatic amines is 2. The van der Waals surface area contributed by atoms with Crippen molar-refractivity contribution in [2.45, 2.75) is 127 Å². The van der Waals surface area contributed by atoms with Crippen molar-refractivity contribution in [3.8, 4) is 0 Å². The van der Waals surface area contributed by atoms with Gasteiger partial charge in [0.15, 0.2) is 0 Å². The molecule has 3 aliphatic heterocycles. The minimum absolute atomic E-state index is 0.0231. The number of piperidine rings is 1. The van der Waals surface area contributed by atoms with Crippen LogP contribution in [0.3, 0.4) is 0 Å². The summed E-state index contributed by atoms with van der Waals surface area (Å²) >= 11 is 2.94. The molecule has 1 saturated carbocycles. The van der Waals surface area contributed by atoms with Gasteiger partial charge in [-0.25, -0.2) is 0 Å². The zero-order chi connectivity index (χ0) is 55.2. The normalized spacial score (nSPS) is 19.5. The summed E-state index contributed by atoms with van der Waals surface area (Å²) in [6, 6.07) is 18.2. The number of thioether (sulfide) groups is 2. The van der Waals surface area contributed by atoms with Crippen molar-refractivity contribution in [2.24, 2.45) is 23.2 Å². The highest BCUT2D eigenvalue weighted by atomic mass is 32.2. The van der Waals surface area contributed by atoms with E-state index in [0.717, 1.165) is 98.5 Å².